The van der Waals surface area contributed by atoms with Gasteiger partial charge in [0.1, 0.15) is 5.82 Å². The van der Waals surface area contributed by atoms with Crippen LogP contribution in [0.4, 0.5) is 4.39 Å². The SMILES string of the molecule is CCC[C@H]1CC[C@H](CCC2CCC(c3ccc4cc(F)ccc4c3)CC2)CC1. The molecule has 2 aromatic rings. The highest BCUT2D eigenvalue weighted by Gasteiger charge is 2.25. The number of rotatable bonds is 6. The first kappa shape index (κ1) is 19.9. The van der Waals surface area contributed by atoms with Crippen molar-refractivity contribution in [3.05, 3.63) is 47.8 Å². The van der Waals surface area contributed by atoms with Crippen molar-refractivity contribution in [1.82, 2.24) is 0 Å². The van der Waals surface area contributed by atoms with Crippen molar-refractivity contribution in [2.75, 3.05) is 0 Å². The molecule has 0 amide bonds. The van der Waals surface area contributed by atoms with Crippen molar-refractivity contribution < 1.29 is 4.39 Å². The molecule has 2 aliphatic rings. The summed E-state index contributed by atoms with van der Waals surface area (Å²) in [7, 11) is 0. The molecule has 0 atom stereocenters. The van der Waals surface area contributed by atoms with Gasteiger partial charge in [-0.3, -0.25) is 0 Å². The topological polar surface area (TPSA) is 0 Å². The smallest absolute Gasteiger partial charge is 0.123 e. The summed E-state index contributed by atoms with van der Waals surface area (Å²) in [5.41, 5.74) is 1.46. The minimum atomic E-state index is -0.139. The Hall–Kier alpha value is -1.37. The van der Waals surface area contributed by atoms with E-state index in [0.29, 0.717) is 5.92 Å². The van der Waals surface area contributed by atoms with Crippen molar-refractivity contribution >= 4 is 10.8 Å². The Morgan fingerprint density at radius 3 is 1.86 bits per heavy atom. The van der Waals surface area contributed by atoms with E-state index in [-0.39, 0.29) is 5.82 Å². The average molecular weight is 381 g/mol. The van der Waals surface area contributed by atoms with Crippen LogP contribution in [0.25, 0.3) is 10.8 Å². The zero-order chi connectivity index (χ0) is 19.3. The highest BCUT2D eigenvalue weighted by Crippen LogP contribution is 2.40. The summed E-state index contributed by atoms with van der Waals surface area (Å²) in [6.07, 6.45) is 17.2. The quantitative estimate of drug-likeness (QED) is 0.470. The van der Waals surface area contributed by atoms with E-state index in [9.17, 15) is 4.39 Å². The van der Waals surface area contributed by atoms with E-state index in [0.717, 1.165) is 23.1 Å². The molecule has 152 valence electrons. The van der Waals surface area contributed by atoms with Crippen LogP contribution in [0.3, 0.4) is 0 Å². The zero-order valence-corrected chi connectivity index (χ0v) is 17.6. The van der Waals surface area contributed by atoms with Gasteiger partial charge in [0.2, 0.25) is 0 Å². The van der Waals surface area contributed by atoms with Gasteiger partial charge in [0.15, 0.2) is 0 Å². The molecular formula is C27H37F. The highest BCUT2D eigenvalue weighted by molar-refractivity contribution is 5.83. The summed E-state index contributed by atoms with van der Waals surface area (Å²) in [6, 6.07) is 11.8. The van der Waals surface area contributed by atoms with E-state index >= 15 is 0 Å². The molecule has 0 bridgehead atoms. The molecule has 0 saturated heterocycles. The normalized spacial score (nSPS) is 28.5. The number of fused-ring (bicyclic) bond motifs is 1. The van der Waals surface area contributed by atoms with Crippen LogP contribution in [0.1, 0.15) is 95.5 Å². The van der Waals surface area contributed by atoms with E-state index in [1.807, 2.05) is 6.07 Å². The third kappa shape index (κ3) is 4.97. The second-order valence-corrected chi connectivity index (χ2v) is 9.72. The lowest BCUT2D eigenvalue weighted by molar-refractivity contribution is 0.224. The fourth-order valence-corrected chi connectivity index (χ4v) is 5.96. The average Bonchev–Trinajstić information content (AvgIpc) is 2.73. The maximum Gasteiger partial charge on any atom is 0.123 e. The molecule has 4 rings (SSSR count). The van der Waals surface area contributed by atoms with Crippen molar-refractivity contribution in [3.8, 4) is 0 Å². The van der Waals surface area contributed by atoms with Crippen LogP contribution < -0.4 is 0 Å². The maximum absolute atomic E-state index is 13.4. The fraction of sp³-hybridized carbons (Fsp3) is 0.630. The van der Waals surface area contributed by atoms with Crippen molar-refractivity contribution in [2.24, 2.45) is 17.8 Å². The molecule has 0 radical (unpaired) electrons. The van der Waals surface area contributed by atoms with Crippen LogP contribution in [-0.2, 0) is 0 Å². The lowest BCUT2D eigenvalue weighted by Crippen LogP contribution is -2.17. The Balaban J connectivity index is 1.23. The van der Waals surface area contributed by atoms with Gasteiger partial charge < -0.3 is 0 Å². The van der Waals surface area contributed by atoms with Crippen LogP contribution >= 0.6 is 0 Å². The van der Waals surface area contributed by atoms with Gasteiger partial charge in [0.25, 0.3) is 0 Å². The predicted octanol–water partition coefficient (Wildman–Crippen LogP) is 8.64. The summed E-state index contributed by atoms with van der Waals surface area (Å²) in [5.74, 6) is 3.58. The molecule has 2 saturated carbocycles. The number of hydrogen-bond acceptors (Lipinski definition) is 0. The van der Waals surface area contributed by atoms with Gasteiger partial charge in [-0.2, -0.15) is 0 Å². The third-order valence-corrected chi connectivity index (χ3v) is 7.79. The second-order valence-electron chi connectivity index (χ2n) is 9.72. The van der Waals surface area contributed by atoms with Crippen LogP contribution in [0, 0.1) is 23.6 Å². The van der Waals surface area contributed by atoms with Crippen molar-refractivity contribution in [1.29, 1.82) is 0 Å². The van der Waals surface area contributed by atoms with Gasteiger partial charge in [-0.15, -0.1) is 0 Å². The highest BCUT2D eigenvalue weighted by atomic mass is 19.1. The largest absolute Gasteiger partial charge is 0.207 e. The lowest BCUT2D eigenvalue weighted by atomic mass is 9.74. The third-order valence-electron chi connectivity index (χ3n) is 7.79. The first-order valence-electron chi connectivity index (χ1n) is 11.9. The first-order chi connectivity index (χ1) is 13.7. The number of benzene rings is 2. The van der Waals surface area contributed by atoms with Gasteiger partial charge in [0.05, 0.1) is 0 Å². The molecule has 0 aromatic heterocycles. The van der Waals surface area contributed by atoms with Crippen LogP contribution in [-0.4, -0.2) is 0 Å². The number of hydrogen-bond donors (Lipinski definition) is 0. The van der Waals surface area contributed by atoms with Crippen LogP contribution in [0.2, 0.25) is 0 Å². The van der Waals surface area contributed by atoms with E-state index in [2.05, 4.69) is 25.1 Å². The van der Waals surface area contributed by atoms with E-state index in [4.69, 9.17) is 0 Å². The molecule has 0 nitrogen and oxygen atoms in total. The van der Waals surface area contributed by atoms with Crippen LogP contribution in [0.5, 0.6) is 0 Å². The Morgan fingerprint density at radius 1 is 0.679 bits per heavy atom. The Labute approximate surface area is 170 Å². The summed E-state index contributed by atoms with van der Waals surface area (Å²) in [4.78, 5) is 0. The fourth-order valence-electron chi connectivity index (χ4n) is 5.96. The lowest BCUT2D eigenvalue weighted by Gasteiger charge is -2.32. The minimum absolute atomic E-state index is 0.139. The van der Waals surface area contributed by atoms with Gasteiger partial charge in [0, 0.05) is 0 Å². The monoisotopic (exact) mass is 380 g/mol. The first-order valence-corrected chi connectivity index (χ1v) is 11.9. The van der Waals surface area contributed by atoms with Gasteiger partial charge in [-0.25, -0.2) is 4.39 Å². The van der Waals surface area contributed by atoms with E-state index in [1.165, 1.54) is 88.0 Å². The standard InChI is InChI=1S/C27H37F/c1-2-3-20-4-6-21(7-5-20)8-9-22-10-12-23(13-11-22)24-14-15-26-19-27(28)17-16-25(26)18-24/h14-23H,2-13H2,1H3/t20-,21-,22?,23?. The molecule has 0 unspecified atom stereocenters. The molecule has 0 aliphatic heterocycles. The molecule has 1 heteroatoms. The molecule has 0 heterocycles. The molecule has 28 heavy (non-hydrogen) atoms. The molecule has 0 N–H and O–H groups in total. The maximum atomic E-state index is 13.4. The Bertz CT molecular complexity index is 748. The molecule has 2 fully saturated rings. The van der Waals surface area contributed by atoms with E-state index < -0.39 is 0 Å². The Kier molecular flexibility index (Phi) is 6.70. The molecular weight excluding hydrogens is 343 g/mol. The molecule has 0 spiro atoms. The molecule has 2 aromatic carbocycles. The van der Waals surface area contributed by atoms with Gasteiger partial charge >= 0.3 is 0 Å². The minimum Gasteiger partial charge on any atom is -0.207 e. The summed E-state index contributed by atoms with van der Waals surface area (Å²) < 4.78 is 13.4. The summed E-state index contributed by atoms with van der Waals surface area (Å²) in [5, 5.41) is 2.20. The van der Waals surface area contributed by atoms with Crippen molar-refractivity contribution in [2.45, 2.75) is 89.9 Å². The predicted molar refractivity (Wildman–Crippen MR) is 118 cm³/mol. The van der Waals surface area contributed by atoms with Crippen molar-refractivity contribution in [3.63, 3.8) is 0 Å². The van der Waals surface area contributed by atoms with Gasteiger partial charge in [-0.05, 0) is 77.8 Å². The van der Waals surface area contributed by atoms with Gasteiger partial charge in [-0.1, -0.05) is 82.6 Å². The second kappa shape index (κ2) is 9.42. The Morgan fingerprint density at radius 2 is 1.21 bits per heavy atom. The van der Waals surface area contributed by atoms with E-state index in [1.54, 1.807) is 12.1 Å². The summed E-state index contributed by atoms with van der Waals surface area (Å²) >= 11 is 0. The zero-order valence-electron chi connectivity index (χ0n) is 17.6. The number of halogens is 1. The summed E-state index contributed by atoms with van der Waals surface area (Å²) in [6.45, 7) is 2.33. The van der Waals surface area contributed by atoms with Crippen LogP contribution in [0.15, 0.2) is 36.4 Å². The molecule has 2 aliphatic carbocycles.